The van der Waals surface area contributed by atoms with E-state index in [4.69, 9.17) is 4.52 Å². The van der Waals surface area contributed by atoms with Crippen LogP contribution < -0.4 is 0 Å². The van der Waals surface area contributed by atoms with E-state index in [2.05, 4.69) is 15.1 Å². The zero-order chi connectivity index (χ0) is 9.97. The van der Waals surface area contributed by atoms with Crippen molar-refractivity contribution in [3.05, 3.63) is 30.4 Å². The van der Waals surface area contributed by atoms with Crippen LogP contribution in [0.3, 0.4) is 0 Å². The zero-order valence-corrected chi connectivity index (χ0v) is 7.58. The van der Waals surface area contributed by atoms with Crippen molar-refractivity contribution in [2.75, 3.05) is 0 Å². The van der Waals surface area contributed by atoms with Gasteiger partial charge in [0.1, 0.15) is 6.10 Å². The smallest absolute Gasteiger partial charge is 0.259 e. The van der Waals surface area contributed by atoms with Crippen LogP contribution in [0, 0.1) is 0 Å². The summed E-state index contributed by atoms with van der Waals surface area (Å²) in [6, 6.07) is 3.59. The van der Waals surface area contributed by atoms with Crippen LogP contribution in [0.1, 0.15) is 18.9 Å². The monoisotopic (exact) mass is 191 g/mol. The number of hydrogen-bond donors (Lipinski definition) is 1. The van der Waals surface area contributed by atoms with Gasteiger partial charge in [0, 0.05) is 12.4 Å². The van der Waals surface area contributed by atoms with E-state index in [0.29, 0.717) is 5.89 Å². The molecular weight excluding hydrogens is 182 g/mol. The predicted molar refractivity (Wildman–Crippen MR) is 48.2 cm³/mol. The second-order valence-electron chi connectivity index (χ2n) is 2.88. The van der Waals surface area contributed by atoms with E-state index < -0.39 is 6.10 Å². The summed E-state index contributed by atoms with van der Waals surface area (Å²) < 4.78 is 4.95. The van der Waals surface area contributed by atoms with Crippen LogP contribution >= 0.6 is 0 Å². The first-order chi connectivity index (χ1) is 6.77. The minimum atomic E-state index is -0.718. The van der Waals surface area contributed by atoms with Crippen LogP contribution in [0.4, 0.5) is 0 Å². The predicted octanol–water partition coefficient (Wildman–Crippen LogP) is 1.18. The maximum atomic E-state index is 9.18. The van der Waals surface area contributed by atoms with E-state index >= 15 is 0 Å². The molecule has 1 atom stereocenters. The number of aliphatic hydroxyl groups excluding tert-OH is 1. The number of rotatable bonds is 2. The lowest BCUT2D eigenvalue weighted by Crippen LogP contribution is -1.92. The van der Waals surface area contributed by atoms with Crippen molar-refractivity contribution in [3.63, 3.8) is 0 Å². The van der Waals surface area contributed by atoms with Crippen LogP contribution in [-0.2, 0) is 0 Å². The first kappa shape index (κ1) is 8.83. The molecule has 14 heavy (non-hydrogen) atoms. The van der Waals surface area contributed by atoms with Crippen LogP contribution in [0.15, 0.2) is 29.0 Å². The van der Waals surface area contributed by atoms with Gasteiger partial charge in [0.05, 0.1) is 5.56 Å². The SMILES string of the molecule is CC(O)c1noc(-c2cccnc2)n1. The maximum Gasteiger partial charge on any atom is 0.259 e. The van der Waals surface area contributed by atoms with Crippen molar-refractivity contribution >= 4 is 0 Å². The summed E-state index contributed by atoms with van der Waals surface area (Å²) in [5, 5.41) is 12.8. The molecule has 0 bridgehead atoms. The highest BCUT2D eigenvalue weighted by Gasteiger charge is 2.11. The highest BCUT2D eigenvalue weighted by atomic mass is 16.5. The van der Waals surface area contributed by atoms with Gasteiger partial charge in [-0.2, -0.15) is 4.98 Å². The molecule has 2 aromatic heterocycles. The fraction of sp³-hybridized carbons (Fsp3) is 0.222. The fourth-order valence-corrected chi connectivity index (χ4v) is 1.01. The Labute approximate surface area is 80.4 Å². The first-order valence-corrected chi connectivity index (χ1v) is 4.19. The van der Waals surface area contributed by atoms with Gasteiger partial charge in [-0.15, -0.1) is 0 Å². The summed E-state index contributed by atoms with van der Waals surface area (Å²) in [4.78, 5) is 7.94. The Morgan fingerprint density at radius 2 is 2.36 bits per heavy atom. The Balaban J connectivity index is 2.34. The molecule has 0 fully saturated rings. The highest BCUT2D eigenvalue weighted by Crippen LogP contribution is 2.17. The van der Waals surface area contributed by atoms with E-state index in [1.165, 1.54) is 0 Å². The quantitative estimate of drug-likeness (QED) is 0.771. The Morgan fingerprint density at radius 3 is 2.93 bits per heavy atom. The Kier molecular flexibility index (Phi) is 2.24. The number of hydrogen-bond acceptors (Lipinski definition) is 5. The topological polar surface area (TPSA) is 72.0 Å². The van der Waals surface area contributed by atoms with Crippen LogP contribution in [0.5, 0.6) is 0 Å². The fourth-order valence-electron chi connectivity index (χ4n) is 1.01. The van der Waals surface area contributed by atoms with E-state index in [-0.39, 0.29) is 5.82 Å². The Bertz CT molecular complexity index is 411. The molecule has 2 aromatic rings. The summed E-state index contributed by atoms with van der Waals surface area (Å²) in [7, 11) is 0. The molecule has 0 aliphatic heterocycles. The molecule has 5 heteroatoms. The van der Waals surface area contributed by atoms with Gasteiger partial charge in [0.15, 0.2) is 5.82 Å². The molecule has 0 spiro atoms. The number of pyridine rings is 1. The van der Waals surface area contributed by atoms with Gasteiger partial charge < -0.3 is 9.63 Å². The average molecular weight is 191 g/mol. The van der Waals surface area contributed by atoms with Crippen molar-refractivity contribution in [1.29, 1.82) is 0 Å². The van der Waals surface area contributed by atoms with Gasteiger partial charge in [-0.3, -0.25) is 4.98 Å². The van der Waals surface area contributed by atoms with Crippen molar-refractivity contribution in [3.8, 4) is 11.5 Å². The molecule has 0 aliphatic carbocycles. The summed E-state index contributed by atoms with van der Waals surface area (Å²) in [6.07, 6.45) is 2.57. The number of aliphatic hydroxyl groups is 1. The second-order valence-corrected chi connectivity index (χ2v) is 2.88. The second kappa shape index (κ2) is 3.55. The third kappa shape index (κ3) is 1.62. The van der Waals surface area contributed by atoms with Crippen molar-refractivity contribution in [2.24, 2.45) is 0 Å². The molecule has 5 nitrogen and oxygen atoms in total. The first-order valence-electron chi connectivity index (χ1n) is 4.19. The van der Waals surface area contributed by atoms with Gasteiger partial charge in [-0.25, -0.2) is 0 Å². The van der Waals surface area contributed by atoms with E-state index in [1.807, 2.05) is 6.07 Å². The molecule has 1 N–H and O–H groups in total. The lowest BCUT2D eigenvalue weighted by Gasteiger charge is -1.92. The Morgan fingerprint density at radius 1 is 1.50 bits per heavy atom. The molecule has 0 saturated carbocycles. The molecular formula is C9H9N3O2. The largest absolute Gasteiger partial charge is 0.385 e. The van der Waals surface area contributed by atoms with E-state index in [0.717, 1.165) is 5.56 Å². The van der Waals surface area contributed by atoms with Crippen molar-refractivity contribution < 1.29 is 9.63 Å². The normalized spacial score (nSPS) is 12.7. The van der Waals surface area contributed by atoms with E-state index in [1.54, 1.807) is 25.4 Å². The maximum absolute atomic E-state index is 9.18. The molecule has 2 rings (SSSR count). The molecule has 0 aromatic carbocycles. The minimum absolute atomic E-state index is 0.281. The zero-order valence-electron chi connectivity index (χ0n) is 7.58. The standard InChI is InChI=1S/C9H9N3O2/c1-6(13)8-11-9(14-12-8)7-3-2-4-10-5-7/h2-6,13H,1H3. The van der Waals surface area contributed by atoms with Crippen molar-refractivity contribution in [2.45, 2.75) is 13.0 Å². The number of aromatic nitrogens is 3. The average Bonchev–Trinajstić information content (AvgIpc) is 2.68. The molecule has 0 aliphatic rings. The Hall–Kier alpha value is -1.75. The van der Waals surface area contributed by atoms with Gasteiger partial charge in [0.25, 0.3) is 5.89 Å². The van der Waals surface area contributed by atoms with Crippen LogP contribution in [-0.4, -0.2) is 20.2 Å². The molecule has 0 amide bonds. The number of nitrogens with zero attached hydrogens (tertiary/aromatic N) is 3. The molecule has 1 unspecified atom stereocenters. The van der Waals surface area contributed by atoms with Crippen molar-refractivity contribution in [1.82, 2.24) is 15.1 Å². The van der Waals surface area contributed by atoms with Crippen LogP contribution in [0.2, 0.25) is 0 Å². The third-order valence-corrected chi connectivity index (χ3v) is 1.72. The van der Waals surface area contributed by atoms with Gasteiger partial charge in [-0.05, 0) is 19.1 Å². The molecule has 72 valence electrons. The van der Waals surface area contributed by atoms with Crippen LogP contribution in [0.25, 0.3) is 11.5 Å². The van der Waals surface area contributed by atoms with Gasteiger partial charge in [-0.1, -0.05) is 5.16 Å². The third-order valence-electron chi connectivity index (χ3n) is 1.72. The highest BCUT2D eigenvalue weighted by molar-refractivity contribution is 5.50. The summed E-state index contributed by atoms with van der Waals surface area (Å²) >= 11 is 0. The minimum Gasteiger partial charge on any atom is -0.385 e. The molecule has 2 heterocycles. The molecule has 0 radical (unpaired) electrons. The lowest BCUT2D eigenvalue weighted by atomic mass is 10.3. The molecule has 0 saturated heterocycles. The summed E-state index contributed by atoms with van der Waals surface area (Å²) in [5.41, 5.74) is 0.743. The summed E-state index contributed by atoms with van der Waals surface area (Å²) in [6.45, 7) is 1.58. The summed E-state index contributed by atoms with van der Waals surface area (Å²) in [5.74, 6) is 0.651. The lowest BCUT2D eigenvalue weighted by molar-refractivity contribution is 0.184. The van der Waals surface area contributed by atoms with Gasteiger partial charge in [0.2, 0.25) is 0 Å². The van der Waals surface area contributed by atoms with Gasteiger partial charge >= 0.3 is 0 Å². The van der Waals surface area contributed by atoms with E-state index in [9.17, 15) is 5.11 Å².